The Hall–Kier alpha value is -2.34. The smallest absolute Gasteiger partial charge is 0.255 e. The Labute approximate surface area is 145 Å². The summed E-state index contributed by atoms with van der Waals surface area (Å²) < 4.78 is 0. The van der Waals surface area contributed by atoms with Gasteiger partial charge in [-0.2, -0.15) is 0 Å². The van der Waals surface area contributed by atoms with E-state index in [-0.39, 0.29) is 11.8 Å². The summed E-state index contributed by atoms with van der Waals surface area (Å²) in [5.74, 6) is 0.846. The van der Waals surface area contributed by atoms with Gasteiger partial charge in [0.15, 0.2) is 0 Å². The molecule has 1 unspecified atom stereocenters. The van der Waals surface area contributed by atoms with E-state index in [1.165, 1.54) is 0 Å². The van der Waals surface area contributed by atoms with E-state index in [1.807, 2.05) is 32.0 Å². The first-order chi connectivity index (χ1) is 11.6. The molecule has 24 heavy (non-hydrogen) atoms. The molecular formula is C18H19N3O2S. The first-order valence-electron chi connectivity index (χ1n) is 7.73. The zero-order chi connectivity index (χ0) is 17.1. The first-order valence-corrected chi connectivity index (χ1v) is 8.89. The van der Waals surface area contributed by atoms with Crippen LogP contribution >= 0.6 is 11.8 Å². The van der Waals surface area contributed by atoms with Crippen LogP contribution in [0.5, 0.6) is 0 Å². The highest BCUT2D eigenvalue weighted by Crippen LogP contribution is 2.25. The predicted octanol–water partition coefficient (Wildman–Crippen LogP) is 2.85. The van der Waals surface area contributed by atoms with Gasteiger partial charge in [-0.25, -0.2) is 0 Å². The molecule has 1 aromatic heterocycles. The molecule has 3 rings (SSSR count). The van der Waals surface area contributed by atoms with Crippen molar-refractivity contribution in [3.63, 3.8) is 0 Å². The number of amides is 2. The Morgan fingerprint density at radius 1 is 1.21 bits per heavy atom. The second kappa shape index (κ2) is 7.05. The Morgan fingerprint density at radius 2 is 1.96 bits per heavy atom. The average Bonchev–Trinajstić information content (AvgIpc) is 3.09. The molecule has 1 aliphatic rings. The van der Waals surface area contributed by atoms with Gasteiger partial charge in [0.2, 0.25) is 5.91 Å². The van der Waals surface area contributed by atoms with Crippen LogP contribution in [0.2, 0.25) is 0 Å². The molecule has 1 atom stereocenters. The number of nitrogens with one attached hydrogen (secondary N) is 1. The van der Waals surface area contributed by atoms with Gasteiger partial charge in [0.25, 0.3) is 5.91 Å². The fourth-order valence-electron chi connectivity index (χ4n) is 2.62. The number of benzene rings is 1. The maximum Gasteiger partial charge on any atom is 0.255 e. The number of carbonyl (C=O) groups excluding carboxylic acids is 2. The van der Waals surface area contributed by atoms with Gasteiger partial charge < -0.3 is 10.2 Å². The molecule has 1 aliphatic heterocycles. The molecule has 0 radical (unpaired) electrons. The highest BCUT2D eigenvalue weighted by atomic mass is 32.2. The monoisotopic (exact) mass is 341 g/mol. The molecule has 2 heterocycles. The Balaban J connectivity index is 1.76. The zero-order valence-electron chi connectivity index (χ0n) is 13.7. The molecule has 2 amide bonds. The third-order valence-corrected chi connectivity index (χ3v) is 5.25. The third-order valence-electron chi connectivity index (χ3n) is 4.24. The molecule has 124 valence electrons. The summed E-state index contributed by atoms with van der Waals surface area (Å²) in [6.07, 6.45) is 3.17. The molecule has 1 aromatic carbocycles. The van der Waals surface area contributed by atoms with E-state index in [0.29, 0.717) is 17.2 Å². The van der Waals surface area contributed by atoms with Gasteiger partial charge in [-0.15, -0.1) is 11.8 Å². The number of aryl methyl sites for hydroxylation is 1. The number of nitrogens with zero attached hydrogens (tertiary/aromatic N) is 2. The van der Waals surface area contributed by atoms with Gasteiger partial charge in [0.05, 0.1) is 5.88 Å². The van der Waals surface area contributed by atoms with Crippen molar-refractivity contribution in [1.82, 2.24) is 9.88 Å². The lowest BCUT2D eigenvalue weighted by Crippen LogP contribution is -2.44. The molecule has 5 nitrogen and oxygen atoms in total. The van der Waals surface area contributed by atoms with Crippen LogP contribution < -0.4 is 5.32 Å². The second-order valence-electron chi connectivity index (χ2n) is 5.76. The fraction of sp³-hybridized carbons (Fsp3) is 0.278. The number of anilines is 1. The van der Waals surface area contributed by atoms with Gasteiger partial charge in [0, 0.05) is 29.4 Å². The molecule has 0 aliphatic carbocycles. The molecule has 1 saturated heterocycles. The molecule has 1 fully saturated rings. The largest absolute Gasteiger partial charge is 0.324 e. The standard InChI is InChI=1S/C18H19N3O2S/c1-12-4-3-5-15(13(12)2)20-17(22)16-10-24-11-21(16)18(23)14-6-8-19-9-7-14/h3-9,16H,10-11H2,1-2H3,(H,20,22). The van der Waals surface area contributed by atoms with Gasteiger partial charge in [0.1, 0.15) is 6.04 Å². The Bertz CT molecular complexity index is 764. The van der Waals surface area contributed by atoms with E-state index in [4.69, 9.17) is 0 Å². The van der Waals surface area contributed by atoms with Crippen LogP contribution in [0.25, 0.3) is 0 Å². The van der Waals surface area contributed by atoms with Crippen LogP contribution in [0.3, 0.4) is 0 Å². The quantitative estimate of drug-likeness (QED) is 0.932. The average molecular weight is 341 g/mol. The molecule has 0 saturated carbocycles. The summed E-state index contributed by atoms with van der Waals surface area (Å²) in [5.41, 5.74) is 3.52. The summed E-state index contributed by atoms with van der Waals surface area (Å²) in [7, 11) is 0. The highest BCUT2D eigenvalue weighted by Gasteiger charge is 2.35. The Kier molecular flexibility index (Phi) is 4.85. The van der Waals surface area contributed by atoms with Gasteiger partial charge in [-0.3, -0.25) is 14.6 Å². The van der Waals surface area contributed by atoms with Crippen LogP contribution in [0.4, 0.5) is 5.69 Å². The van der Waals surface area contributed by atoms with Gasteiger partial charge in [-0.1, -0.05) is 12.1 Å². The number of thioether (sulfide) groups is 1. The van der Waals surface area contributed by atoms with Gasteiger partial charge >= 0.3 is 0 Å². The Morgan fingerprint density at radius 3 is 2.71 bits per heavy atom. The van der Waals surface area contributed by atoms with Crippen LogP contribution in [-0.2, 0) is 4.79 Å². The van der Waals surface area contributed by atoms with E-state index in [9.17, 15) is 9.59 Å². The number of rotatable bonds is 3. The molecule has 0 bridgehead atoms. The topological polar surface area (TPSA) is 62.3 Å². The summed E-state index contributed by atoms with van der Waals surface area (Å²) in [5, 5.41) is 2.97. The summed E-state index contributed by atoms with van der Waals surface area (Å²) in [6, 6.07) is 8.69. The highest BCUT2D eigenvalue weighted by molar-refractivity contribution is 7.99. The summed E-state index contributed by atoms with van der Waals surface area (Å²) in [4.78, 5) is 30.9. The van der Waals surface area contributed by atoms with E-state index in [0.717, 1.165) is 16.8 Å². The van der Waals surface area contributed by atoms with Crippen molar-refractivity contribution in [3.8, 4) is 0 Å². The van der Waals surface area contributed by atoms with Crippen molar-refractivity contribution < 1.29 is 9.59 Å². The van der Waals surface area contributed by atoms with Crippen LogP contribution in [0.1, 0.15) is 21.5 Å². The van der Waals surface area contributed by atoms with E-state index >= 15 is 0 Å². The third kappa shape index (κ3) is 3.28. The summed E-state index contributed by atoms with van der Waals surface area (Å²) >= 11 is 1.59. The molecular weight excluding hydrogens is 322 g/mol. The number of pyridine rings is 1. The number of hydrogen-bond acceptors (Lipinski definition) is 4. The van der Waals surface area contributed by atoms with Crippen LogP contribution in [0.15, 0.2) is 42.7 Å². The van der Waals surface area contributed by atoms with Crippen LogP contribution in [0, 0.1) is 13.8 Å². The van der Waals surface area contributed by atoms with Crippen molar-refractivity contribution >= 4 is 29.3 Å². The lowest BCUT2D eigenvalue weighted by atomic mass is 10.1. The van der Waals surface area contributed by atoms with Crippen LogP contribution in [-0.4, -0.2) is 39.4 Å². The normalized spacial score (nSPS) is 16.9. The number of aromatic nitrogens is 1. The van der Waals surface area contributed by atoms with Crippen molar-refractivity contribution in [2.75, 3.05) is 16.9 Å². The fourth-order valence-corrected chi connectivity index (χ4v) is 3.78. The maximum absolute atomic E-state index is 12.7. The minimum absolute atomic E-state index is 0.136. The molecule has 2 aromatic rings. The second-order valence-corrected chi connectivity index (χ2v) is 6.76. The maximum atomic E-state index is 12.7. The number of hydrogen-bond donors (Lipinski definition) is 1. The summed E-state index contributed by atoms with van der Waals surface area (Å²) in [6.45, 7) is 3.99. The van der Waals surface area contributed by atoms with Crippen molar-refractivity contribution in [1.29, 1.82) is 0 Å². The lowest BCUT2D eigenvalue weighted by molar-refractivity contribution is -0.119. The predicted molar refractivity (Wildman–Crippen MR) is 96.1 cm³/mol. The molecule has 6 heteroatoms. The van der Waals surface area contributed by atoms with E-state index in [2.05, 4.69) is 10.3 Å². The SMILES string of the molecule is Cc1cccc(NC(=O)C2CSCN2C(=O)c2ccncc2)c1C. The molecule has 0 spiro atoms. The number of carbonyl (C=O) groups is 2. The van der Waals surface area contributed by atoms with Crippen molar-refractivity contribution in [2.45, 2.75) is 19.9 Å². The van der Waals surface area contributed by atoms with Crippen molar-refractivity contribution in [3.05, 3.63) is 59.4 Å². The molecule has 1 N–H and O–H groups in total. The van der Waals surface area contributed by atoms with Gasteiger partial charge in [-0.05, 0) is 43.2 Å². The first kappa shape index (κ1) is 16.5. The van der Waals surface area contributed by atoms with Crippen molar-refractivity contribution in [2.24, 2.45) is 0 Å². The zero-order valence-corrected chi connectivity index (χ0v) is 14.5. The minimum Gasteiger partial charge on any atom is -0.324 e. The minimum atomic E-state index is -0.462. The van der Waals surface area contributed by atoms with E-state index in [1.54, 1.807) is 41.2 Å². The lowest BCUT2D eigenvalue weighted by Gasteiger charge is -2.23. The van der Waals surface area contributed by atoms with E-state index < -0.39 is 6.04 Å².